The van der Waals surface area contributed by atoms with Gasteiger partial charge in [-0.3, -0.25) is 4.79 Å². The van der Waals surface area contributed by atoms with Crippen LogP contribution in [0.5, 0.6) is 5.75 Å². The Morgan fingerprint density at radius 2 is 1.80 bits per heavy atom. The molecule has 2 aliphatic heterocycles. The lowest BCUT2D eigenvalue weighted by Gasteiger charge is -2.41. The van der Waals surface area contributed by atoms with Crippen molar-refractivity contribution in [2.75, 3.05) is 19.7 Å². The number of likely N-dealkylation sites (tertiary alicyclic amines) is 1. The molecule has 2 aliphatic rings. The molecule has 1 fully saturated rings. The molecule has 0 saturated carbocycles. The van der Waals surface area contributed by atoms with Gasteiger partial charge in [-0.25, -0.2) is 0 Å². The summed E-state index contributed by atoms with van der Waals surface area (Å²) < 4.78 is 6.07. The van der Waals surface area contributed by atoms with Crippen molar-refractivity contribution < 1.29 is 9.53 Å². The number of para-hydroxylation sites is 1. The lowest BCUT2D eigenvalue weighted by Crippen LogP contribution is -2.56. The molecule has 0 radical (unpaired) electrons. The maximum atomic E-state index is 12.7. The van der Waals surface area contributed by atoms with E-state index in [9.17, 15) is 4.79 Å². The van der Waals surface area contributed by atoms with Gasteiger partial charge < -0.3 is 15.0 Å². The van der Waals surface area contributed by atoms with E-state index in [1.54, 1.807) is 0 Å². The van der Waals surface area contributed by atoms with Crippen molar-refractivity contribution in [3.8, 4) is 5.75 Å². The molecule has 2 aromatic carbocycles. The van der Waals surface area contributed by atoms with Crippen molar-refractivity contribution in [2.24, 2.45) is 0 Å². The number of benzene rings is 2. The highest BCUT2D eigenvalue weighted by Gasteiger charge is 2.38. The van der Waals surface area contributed by atoms with E-state index < -0.39 is 0 Å². The number of nitrogens with zero attached hydrogens (tertiary/aromatic N) is 1. The fraction of sp³-hybridized carbons (Fsp3) is 0.381. The van der Waals surface area contributed by atoms with Crippen molar-refractivity contribution in [1.29, 1.82) is 0 Å². The molecule has 1 saturated heterocycles. The van der Waals surface area contributed by atoms with E-state index >= 15 is 0 Å². The second-order valence-corrected chi connectivity index (χ2v) is 7.19. The fourth-order valence-corrected chi connectivity index (χ4v) is 3.68. The average Bonchev–Trinajstić information content (AvgIpc) is 2.83. The number of ether oxygens (including phenoxy) is 1. The zero-order chi connectivity index (χ0) is 17.3. The Kier molecular flexibility index (Phi) is 4.22. The third-order valence-corrected chi connectivity index (χ3v) is 5.44. The molecule has 4 nitrogen and oxygen atoms in total. The molecule has 2 heterocycles. The Balaban J connectivity index is 1.41. The number of rotatable bonds is 1. The highest BCUT2D eigenvalue weighted by Crippen LogP contribution is 2.30. The number of fused-ring (bicyclic) bond motifs is 1. The maximum Gasteiger partial charge on any atom is 0.253 e. The first kappa shape index (κ1) is 16.2. The van der Waals surface area contributed by atoms with E-state index in [4.69, 9.17) is 4.74 Å². The van der Waals surface area contributed by atoms with Crippen LogP contribution in [-0.4, -0.2) is 36.0 Å². The molecule has 1 amide bonds. The van der Waals surface area contributed by atoms with E-state index in [-0.39, 0.29) is 11.4 Å². The monoisotopic (exact) mass is 336 g/mol. The number of nitrogens with one attached hydrogen (secondary N) is 1. The summed E-state index contributed by atoms with van der Waals surface area (Å²) >= 11 is 0. The summed E-state index contributed by atoms with van der Waals surface area (Å²) in [5.74, 6) is 1.11. The molecule has 1 spiro atoms. The van der Waals surface area contributed by atoms with Crippen LogP contribution in [-0.2, 0) is 6.54 Å². The molecule has 0 atom stereocenters. The van der Waals surface area contributed by atoms with Gasteiger partial charge in [-0.15, -0.1) is 0 Å². The third kappa shape index (κ3) is 3.27. The van der Waals surface area contributed by atoms with Crippen LogP contribution in [0.2, 0.25) is 0 Å². The summed E-state index contributed by atoms with van der Waals surface area (Å²) in [5, 5.41) is 3.70. The maximum absolute atomic E-state index is 12.7. The molecule has 4 heteroatoms. The largest absolute Gasteiger partial charge is 0.491 e. The Bertz CT molecular complexity index is 733. The number of aryl methyl sites for hydroxylation is 1. The number of piperidine rings is 1. The Morgan fingerprint density at radius 3 is 2.56 bits per heavy atom. The number of carbonyl (C=O) groups is 1. The Hall–Kier alpha value is -2.33. The van der Waals surface area contributed by atoms with Gasteiger partial charge >= 0.3 is 0 Å². The van der Waals surface area contributed by atoms with Crippen molar-refractivity contribution in [2.45, 2.75) is 31.8 Å². The van der Waals surface area contributed by atoms with Gasteiger partial charge in [0.05, 0.1) is 5.54 Å². The number of hydrogen-bond donors (Lipinski definition) is 1. The Morgan fingerprint density at radius 1 is 1.08 bits per heavy atom. The predicted octanol–water partition coefficient (Wildman–Crippen LogP) is 3.15. The van der Waals surface area contributed by atoms with Gasteiger partial charge in [-0.05, 0) is 38.0 Å². The summed E-state index contributed by atoms with van der Waals surface area (Å²) in [6, 6.07) is 16.0. The average molecular weight is 336 g/mol. The van der Waals surface area contributed by atoms with Crippen molar-refractivity contribution >= 4 is 5.91 Å². The van der Waals surface area contributed by atoms with E-state index in [2.05, 4.69) is 11.4 Å². The van der Waals surface area contributed by atoms with Crippen LogP contribution in [0, 0.1) is 6.92 Å². The molecule has 0 aromatic heterocycles. The molecule has 25 heavy (non-hydrogen) atoms. The summed E-state index contributed by atoms with van der Waals surface area (Å²) in [4.78, 5) is 14.7. The van der Waals surface area contributed by atoms with Gasteiger partial charge in [0.2, 0.25) is 0 Å². The second kappa shape index (κ2) is 6.52. The minimum Gasteiger partial charge on any atom is -0.491 e. The molecule has 0 aliphatic carbocycles. The van der Waals surface area contributed by atoms with Crippen molar-refractivity contribution in [1.82, 2.24) is 10.2 Å². The molecule has 130 valence electrons. The van der Waals surface area contributed by atoms with Gasteiger partial charge in [0, 0.05) is 30.8 Å². The van der Waals surface area contributed by atoms with Crippen LogP contribution < -0.4 is 10.1 Å². The van der Waals surface area contributed by atoms with Crippen molar-refractivity contribution in [3.05, 3.63) is 65.2 Å². The lowest BCUT2D eigenvalue weighted by atomic mass is 9.88. The van der Waals surface area contributed by atoms with Crippen molar-refractivity contribution in [3.63, 3.8) is 0 Å². The third-order valence-electron chi connectivity index (χ3n) is 5.44. The molecule has 1 N–H and O–H groups in total. The van der Waals surface area contributed by atoms with Gasteiger partial charge in [-0.1, -0.05) is 35.9 Å². The predicted molar refractivity (Wildman–Crippen MR) is 97.8 cm³/mol. The fourth-order valence-electron chi connectivity index (χ4n) is 3.68. The summed E-state index contributed by atoms with van der Waals surface area (Å²) in [7, 11) is 0. The lowest BCUT2D eigenvalue weighted by molar-refractivity contribution is 0.0575. The zero-order valence-electron chi connectivity index (χ0n) is 14.6. The summed E-state index contributed by atoms with van der Waals surface area (Å²) in [5.41, 5.74) is 3.12. The first-order valence-electron chi connectivity index (χ1n) is 8.97. The van der Waals surface area contributed by atoms with Gasteiger partial charge in [0.15, 0.2) is 0 Å². The number of carbonyl (C=O) groups excluding carboxylic acids is 1. The number of hydrogen-bond acceptors (Lipinski definition) is 3. The topological polar surface area (TPSA) is 41.6 Å². The molecule has 0 bridgehead atoms. The van der Waals surface area contributed by atoms with Crippen LogP contribution in [0.25, 0.3) is 0 Å². The molecule has 4 rings (SSSR count). The quantitative estimate of drug-likeness (QED) is 0.870. The molecular weight excluding hydrogens is 312 g/mol. The minimum atomic E-state index is -0.0386. The number of amides is 1. The summed E-state index contributed by atoms with van der Waals surface area (Å²) in [6.45, 7) is 5.05. The van der Waals surface area contributed by atoms with Gasteiger partial charge in [0.25, 0.3) is 5.91 Å². The minimum absolute atomic E-state index is 0.0386. The molecular formula is C21H24N2O2. The summed E-state index contributed by atoms with van der Waals surface area (Å²) in [6.07, 6.45) is 1.83. The van der Waals surface area contributed by atoms with Crippen LogP contribution in [0.1, 0.15) is 34.3 Å². The van der Waals surface area contributed by atoms with E-state index in [0.29, 0.717) is 6.61 Å². The van der Waals surface area contributed by atoms with Crippen LogP contribution in [0.4, 0.5) is 0 Å². The zero-order valence-corrected chi connectivity index (χ0v) is 14.6. The smallest absolute Gasteiger partial charge is 0.253 e. The molecule has 0 unspecified atom stereocenters. The molecule has 2 aromatic rings. The highest BCUT2D eigenvalue weighted by molar-refractivity contribution is 5.94. The van der Waals surface area contributed by atoms with Crippen LogP contribution in [0.3, 0.4) is 0 Å². The first-order chi connectivity index (χ1) is 12.2. The Labute approximate surface area is 148 Å². The van der Waals surface area contributed by atoms with E-state index in [1.165, 1.54) is 11.1 Å². The van der Waals surface area contributed by atoms with E-state index in [0.717, 1.165) is 43.8 Å². The van der Waals surface area contributed by atoms with E-state index in [1.807, 2.05) is 54.3 Å². The SMILES string of the molecule is Cc1ccc(C(=O)N2CCC3(CC2)COc2ccccc2CN3)cc1. The van der Waals surface area contributed by atoms with Crippen LogP contribution in [0.15, 0.2) is 48.5 Å². The van der Waals surface area contributed by atoms with Gasteiger partial charge in [0.1, 0.15) is 12.4 Å². The van der Waals surface area contributed by atoms with Gasteiger partial charge in [-0.2, -0.15) is 0 Å². The van der Waals surface area contributed by atoms with Crippen LogP contribution >= 0.6 is 0 Å². The highest BCUT2D eigenvalue weighted by atomic mass is 16.5. The second-order valence-electron chi connectivity index (χ2n) is 7.19. The normalized spacial score (nSPS) is 19.0. The standard InChI is InChI=1S/C21H24N2O2/c1-16-6-8-17(9-7-16)20(24)23-12-10-21(11-13-23)15-25-19-5-3-2-4-18(19)14-22-21/h2-9,22H,10-15H2,1H3. The first-order valence-corrected chi connectivity index (χ1v) is 8.97.